The summed E-state index contributed by atoms with van der Waals surface area (Å²) in [6.07, 6.45) is 0.0919. The minimum absolute atomic E-state index is 0. The molecule has 167 valence electrons. The van der Waals surface area contributed by atoms with E-state index in [1.54, 1.807) is 38.5 Å². The van der Waals surface area contributed by atoms with Gasteiger partial charge in [-0.05, 0) is 48.5 Å². The maximum Gasteiger partial charge on any atom is 0.305 e. The number of benzene rings is 3. The molecular formula is C26H23NO5Y-2. The van der Waals surface area contributed by atoms with Crippen LogP contribution in [0.3, 0.4) is 0 Å². The molecule has 1 heterocycles. The summed E-state index contributed by atoms with van der Waals surface area (Å²) >= 11 is 0. The van der Waals surface area contributed by atoms with Crippen molar-refractivity contribution in [3.8, 4) is 34.1 Å². The molecule has 0 amide bonds. The van der Waals surface area contributed by atoms with Crippen molar-refractivity contribution in [1.29, 1.82) is 0 Å². The van der Waals surface area contributed by atoms with Crippen LogP contribution in [0, 0.1) is 13.0 Å². The predicted octanol–water partition coefficient (Wildman–Crippen LogP) is 5.32. The number of rotatable bonds is 6. The molecule has 0 saturated heterocycles. The number of ether oxygens (including phenoxy) is 2. The molecule has 0 fully saturated rings. The number of hydrogen-bond acceptors (Lipinski definition) is 5. The van der Waals surface area contributed by atoms with E-state index in [-0.39, 0.29) is 39.1 Å². The number of hydrogen-bond donors (Lipinski definition) is 1. The molecule has 1 N–H and O–H groups in total. The van der Waals surface area contributed by atoms with E-state index in [0.29, 0.717) is 11.7 Å². The zero-order valence-electron chi connectivity index (χ0n) is 18.4. The Balaban J connectivity index is 0.000000297. The fourth-order valence-electron chi connectivity index (χ4n) is 2.96. The molecule has 0 saturated carbocycles. The molecule has 1 radical (unpaired) electrons. The van der Waals surface area contributed by atoms with Crippen LogP contribution in [0.5, 0.6) is 11.5 Å². The summed E-state index contributed by atoms with van der Waals surface area (Å²) in [4.78, 5) is 14.6. The van der Waals surface area contributed by atoms with Crippen LogP contribution in [0.25, 0.3) is 22.6 Å². The summed E-state index contributed by atoms with van der Waals surface area (Å²) in [5, 5.41) is 8.36. The Labute approximate surface area is 218 Å². The van der Waals surface area contributed by atoms with Crippen molar-refractivity contribution in [3.05, 3.63) is 97.2 Å². The molecule has 1 aromatic heterocycles. The molecule has 33 heavy (non-hydrogen) atoms. The van der Waals surface area contributed by atoms with Gasteiger partial charge in [-0.15, -0.1) is 5.56 Å². The van der Waals surface area contributed by atoms with E-state index in [2.05, 4.69) is 18.0 Å². The monoisotopic (exact) mass is 518 g/mol. The molecule has 7 heteroatoms. The van der Waals surface area contributed by atoms with Gasteiger partial charge in [0.05, 0.1) is 20.1 Å². The van der Waals surface area contributed by atoms with Gasteiger partial charge in [0.25, 0.3) is 0 Å². The fourth-order valence-corrected chi connectivity index (χ4v) is 2.96. The zero-order valence-corrected chi connectivity index (χ0v) is 21.3. The second kappa shape index (κ2) is 12.8. The Hall–Kier alpha value is -3.09. The molecule has 4 rings (SSSR count). The van der Waals surface area contributed by atoms with E-state index in [1.165, 1.54) is 0 Å². The van der Waals surface area contributed by atoms with E-state index >= 15 is 0 Å². The zero-order chi connectivity index (χ0) is 22.9. The number of oxazole rings is 1. The first kappa shape index (κ1) is 26.2. The number of carboxylic acid groups (broad SMARTS) is 1. The molecule has 0 atom stereocenters. The van der Waals surface area contributed by atoms with Gasteiger partial charge in [-0.2, -0.15) is 30.3 Å². The second-order valence-electron chi connectivity index (χ2n) is 6.72. The third-order valence-corrected chi connectivity index (χ3v) is 4.53. The van der Waals surface area contributed by atoms with Gasteiger partial charge in [-0.1, -0.05) is 0 Å². The van der Waals surface area contributed by atoms with E-state index in [1.807, 2.05) is 48.5 Å². The van der Waals surface area contributed by atoms with Gasteiger partial charge in [0.2, 0.25) is 0 Å². The Bertz CT molecular complexity index is 1070. The summed E-state index contributed by atoms with van der Waals surface area (Å²) in [6.45, 7) is 3.79. The number of methoxy groups -OCH3 is 2. The van der Waals surface area contributed by atoms with Crippen molar-refractivity contribution in [2.45, 2.75) is 6.42 Å². The standard InChI is InChI=1S/C18H16NO3.C8H7O2.Y/c1-12-19-17(13-4-8-15(20-2)9-5-13)18(22-12)14-6-10-16(21-3)11-7-14;9-8(10)6-7-4-2-1-3-5-7;/h4-11H,1H2,2-3H3;2-5H,6H2,(H,9,10);/q2*-1;. The van der Waals surface area contributed by atoms with Crippen LogP contribution in [0.2, 0.25) is 0 Å². The molecule has 3 aromatic carbocycles. The quantitative estimate of drug-likeness (QED) is 0.348. The third kappa shape index (κ3) is 7.48. The van der Waals surface area contributed by atoms with Gasteiger partial charge in [0.1, 0.15) is 17.2 Å². The molecule has 0 spiro atoms. The minimum Gasteiger partial charge on any atom is -0.497 e. The summed E-state index contributed by atoms with van der Waals surface area (Å²) in [6, 6.07) is 25.0. The van der Waals surface area contributed by atoms with E-state index in [4.69, 9.17) is 19.0 Å². The topological polar surface area (TPSA) is 81.8 Å². The molecular weight excluding hydrogens is 495 g/mol. The number of carboxylic acids is 1. The average Bonchev–Trinajstić information content (AvgIpc) is 3.21. The van der Waals surface area contributed by atoms with Crippen molar-refractivity contribution in [2.75, 3.05) is 14.2 Å². The van der Waals surface area contributed by atoms with Crippen LogP contribution < -0.4 is 9.47 Å². The average molecular weight is 518 g/mol. The number of nitrogens with zero attached hydrogens (tertiary/aromatic N) is 1. The Morgan fingerprint density at radius 1 is 0.939 bits per heavy atom. The van der Waals surface area contributed by atoms with E-state index in [0.717, 1.165) is 33.9 Å². The van der Waals surface area contributed by atoms with Gasteiger partial charge in [-0.25, -0.2) is 4.98 Å². The van der Waals surface area contributed by atoms with Crippen LogP contribution in [0.1, 0.15) is 11.5 Å². The van der Waals surface area contributed by atoms with Gasteiger partial charge in [-0.3, -0.25) is 4.79 Å². The predicted molar refractivity (Wildman–Crippen MR) is 122 cm³/mol. The third-order valence-electron chi connectivity index (χ3n) is 4.53. The van der Waals surface area contributed by atoms with Gasteiger partial charge >= 0.3 is 5.97 Å². The number of aromatic nitrogens is 1. The number of aliphatic carboxylic acids is 1. The summed E-state index contributed by atoms with van der Waals surface area (Å²) in [5.41, 5.74) is 3.45. The fraction of sp³-hybridized carbons (Fsp3) is 0.115. The normalized spacial score (nSPS) is 9.76. The molecule has 0 aliphatic rings. The van der Waals surface area contributed by atoms with Gasteiger partial charge in [0.15, 0.2) is 5.76 Å². The second-order valence-corrected chi connectivity index (χ2v) is 6.72. The molecule has 0 aliphatic heterocycles. The summed E-state index contributed by atoms with van der Waals surface area (Å²) in [7, 11) is 3.28. The molecule has 4 aromatic rings. The van der Waals surface area contributed by atoms with E-state index < -0.39 is 5.97 Å². The number of carbonyl (C=O) groups is 1. The molecule has 0 unspecified atom stereocenters. The van der Waals surface area contributed by atoms with E-state index in [9.17, 15) is 4.79 Å². The van der Waals surface area contributed by atoms with Crippen molar-refractivity contribution >= 4 is 5.97 Å². The summed E-state index contributed by atoms with van der Waals surface area (Å²) < 4.78 is 16.0. The first-order valence-corrected chi connectivity index (χ1v) is 9.78. The maximum absolute atomic E-state index is 10.2. The van der Waals surface area contributed by atoms with Crippen molar-refractivity contribution in [3.63, 3.8) is 0 Å². The van der Waals surface area contributed by atoms with Crippen molar-refractivity contribution in [2.24, 2.45) is 0 Å². The molecule has 6 nitrogen and oxygen atoms in total. The van der Waals surface area contributed by atoms with Gasteiger partial charge in [0, 0.05) is 50.3 Å². The first-order valence-electron chi connectivity index (χ1n) is 9.78. The van der Waals surface area contributed by atoms with Crippen LogP contribution in [0.15, 0.2) is 77.2 Å². The summed E-state index contributed by atoms with van der Waals surface area (Å²) in [5.74, 6) is 1.87. The largest absolute Gasteiger partial charge is 0.497 e. The smallest absolute Gasteiger partial charge is 0.305 e. The first-order chi connectivity index (χ1) is 15.5. The Kier molecular flexibility index (Phi) is 10.2. The van der Waals surface area contributed by atoms with Crippen LogP contribution in [0.4, 0.5) is 0 Å². The molecule has 0 aliphatic carbocycles. The van der Waals surface area contributed by atoms with Crippen LogP contribution >= 0.6 is 0 Å². The van der Waals surface area contributed by atoms with Crippen molar-refractivity contribution < 1.29 is 56.5 Å². The van der Waals surface area contributed by atoms with Crippen molar-refractivity contribution in [1.82, 2.24) is 4.98 Å². The molecule has 0 bridgehead atoms. The maximum atomic E-state index is 10.2. The van der Waals surface area contributed by atoms with Crippen LogP contribution in [-0.2, 0) is 43.9 Å². The SMILES string of the molecule is O=C(O)Cc1cc[c-]cc1.[CH2-]c1nc(-c2ccc(OC)cc2)c(-c2ccc(OC)cc2)o1.[Y]. The minimum atomic E-state index is -0.800. The van der Waals surface area contributed by atoms with Gasteiger partial charge < -0.3 is 25.9 Å². The Morgan fingerprint density at radius 3 is 1.94 bits per heavy atom. The Morgan fingerprint density at radius 2 is 1.45 bits per heavy atom. The van der Waals surface area contributed by atoms with Crippen LogP contribution in [-0.4, -0.2) is 30.3 Å².